The van der Waals surface area contributed by atoms with Crippen LogP contribution < -0.4 is 5.32 Å². The Bertz CT molecular complexity index is 955. The molecule has 0 spiro atoms. The molecule has 1 N–H and O–H groups in total. The largest absolute Gasteiger partial charge is 0.340 e. The summed E-state index contributed by atoms with van der Waals surface area (Å²) in [5.41, 5.74) is 2.83. The van der Waals surface area contributed by atoms with Crippen LogP contribution in [0.25, 0.3) is 0 Å². The molecule has 0 unspecified atom stereocenters. The van der Waals surface area contributed by atoms with Gasteiger partial charge in [-0.3, -0.25) is 4.79 Å². The molecular weight excluding hydrogens is 398 g/mol. The Hall–Kier alpha value is -2.22. The molecular formula is C23H31N3O3S. The average Bonchev–Trinajstić information content (AvgIpc) is 2.74. The van der Waals surface area contributed by atoms with Crippen molar-refractivity contribution in [3.8, 4) is 0 Å². The number of amides is 1. The van der Waals surface area contributed by atoms with E-state index in [1.165, 1.54) is 4.31 Å². The summed E-state index contributed by atoms with van der Waals surface area (Å²) in [5.74, 6) is 0.0111. The van der Waals surface area contributed by atoms with Gasteiger partial charge in [0.2, 0.25) is 15.9 Å². The fourth-order valence-corrected chi connectivity index (χ4v) is 5.42. The van der Waals surface area contributed by atoms with Gasteiger partial charge in [0.1, 0.15) is 0 Å². The Labute approximate surface area is 179 Å². The smallest absolute Gasteiger partial charge is 0.243 e. The molecule has 3 rings (SSSR count). The van der Waals surface area contributed by atoms with Gasteiger partial charge in [-0.2, -0.15) is 4.31 Å². The van der Waals surface area contributed by atoms with Crippen molar-refractivity contribution in [2.45, 2.75) is 31.6 Å². The van der Waals surface area contributed by atoms with Crippen LogP contribution in [-0.2, 0) is 21.2 Å². The van der Waals surface area contributed by atoms with Crippen LogP contribution in [0.4, 0.5) is 0 Å². The summed E-state index contributed by atoms with van der Waals surface area (Å²) in [5, 5.41) is 3.23. The van der Waals surface area contributed by atoms with Gasteiger partial charge in [0.25, 0.3) is 0 Å². The second-order valence-corrected chi connectivity index (χ2v) is 9.70. The van der Waals surface area contributed by atoms with Crippen LogP contribution in [0.5, 0.6) is 0 Å². The molecule has 0 atom stereocenters. The van der Waals surface area contributed by atoms with Crippen LogP contribution in [0, 0.1) is 13.8 Å². The highest BCUT2D eigenvalue weighted by atomic mass is 32.2. The number of carbonyl (C=O) groups is 1. The number of sulfonamides is 1. The van der Waals surface area contributed by atoms with Gasteiger partial charge in [-0.1, -0.05) is 48.0 Å². The quantitative estimate of drug-likeness (QED) is 0.699. The van der Waals surface area contributed by atoms with E-state index < -0.39 is 10.0 Å². The molecule has 1 heterocycles. The number of hydrogen-bond acceptors (Lipinski definition) is 4. The second-order valence-electron chi connectivity index (χ2n) is 7.79. The maximum Gasteiger partial charge on any atom is 0.243 e. The lowest BCUT2D eigenvalue weighted by Crippen LogP contribution is -2.47. The molecule has 1 aliphatic heterocycles. The van der Waals surface area contributed by atoms with Gasteiger partial charge < -0.3 is 10.2 Å². The summed E-state index contributed by atoms with van der Waals surface area (Å²) in [4.78, 5) is 14.8. The van der Waals surface area contributed by atoms with Gasteiger partial charge in [-0.05, 0) is 37.5 Å². The lowest BCUT2D eigenvalue weighted by Gasteiger charge is -2.29. The van der Waals surface area contributed by atoms with Crippen molar-refractivity contribution >= 4 is 15.9 Å². The Morgan fingerprint density at radius 2 is 1.73 bits per heavy atom. The van der Waals surface area contributed by atoms with E-state index in [0.29, 0.717) is 31.0 Å². The van der Waals surface area contributed by atoms with E-state index in [9.17, 15) is 13.2 Å². The number of nitrogens with zero attached hydrogens (tertiary/aromatic N) is 2. The Morgan fingerprint density at radius 1 is 1.03 bits per heavy atom. The van der Waals surface area contributed by atoms with Gasteiger partial charge in [-0.25, -0.2) is 8.42 Å². The fourth-order valence-electron chi connectivity index (χ4n) is 3.77. The first-order chi connectivity index (χ1) is 14.4. The Morgan fingerprint density at radius 3 is 2.40 bits per heavy atom. The number of benzene rings is 2. The number of nitrogens with one attached hydrogen (secondary N) is 1. The van der Waals surface area contributed by atoms with E-state index in [0.717, 1.165) is 29.8 Å². The zero-order valence-corrected chi connectivity index (χ0v) is 18.6. The molecule has 0 saturated carbocycles. The number of piperazine rings is 1. The Balaban J connectivity index is 1.77. The molecule has 0 radical (unpaired) electrons. The molecule has 30 heavy (non-hydrogen) atoms. The molecule has 2 aromatic carbocycles. The predicted octanol–water partition coefficient (Wildman–Crippen LogP) is 2.36. The standard InChI is InChI=1S/C23H31N3O3S/c1-19-8-9-22(20(2)18-19)30(28,29)26(14-10-21-6-4-3-5-7-21)15-11-23(27)25-16-12-24-13-17-25/h3-9,18,24H,10-17H2,1-2H3. The summed E-state index contributed by atoms with van der Waals surface area (Å²) < 4.78 is 28.4. The Kier molecular flexibility index (Phi) is 7.64. The van der Waals surface area contributed by atoms with Crippen LogP contribution in [0.2, 0.25) is 0 Å². The first-order valence-electron chi connectivity index (χ1n) is 10.5. The summed E-state index contributed by atoms with van der Waals surface area (Å²) in [7, 11) is -3.69. The third-order valence-electron chi connectivity index (χ3n) is 5.49. The topological polar surface area (TPSA) is 69.7 Å². The summed E-state index contributed by atoms with van der Waals surface area (Å²) in [6, 6.07) is 15.2. The highest BCUT2D eigenvalue weighted by Gasteiger charge is 2.27. The predicted molar refractivity (Wildman–Crippen MR) is 119 cm³/mol. The van der Waals surface area contributed by atoms with E-state index in [1.54, 1.807) is 6.07 Å². The molecule has 0 aromatic heterocycles. The maximum absolute atomic E-state index is 13.5. The molecule has 1 fully saturated rings. The van der Waals surface area contributed by atoms with Crippen LogP contribution in [0.1, 0.15) is 23.1 Å². The van der Waals surface area contributed by atoms with Crippen molar-refractivity contribution in [1.82, 2.24) is 14.5 Å². The fraction of sp³-hybridized carbons (Fsp3) is 0.435. The van der Waals surface area contributed by atoms with E-state index in [4.69, 9.17) is 0 Å². The van der Waals surface area contributed by atoms with Gasteiger partial charge in [-0.15, -0.1) is 0 Å². The van der Waals surface area contributed by atoms with E-state index >= 15 is 0 Å². The molecule has 1 aliphatic rings. The number of hydrogen-bond donors (Lipinski definition) is 1. The second kappa shape index (κ2) is 10.2. The van der Waals surface area contributed by atoms with Gasteiger partial charge in [0, 0.05) is 45.7 Å². The summed E-state index contributed by atoms with van der Waals surface area (Å²) in [6.45, 7) is 7.21. The van der Waals surface area contributed by atoms with Crippen LogP contribution in [0.3, 0.4) is 0 Å². The lowest BCUT2D eigenvalue weighted by molar-refractivity contribution is -0.131. The average molecular weight is 430 g/mol. The third-order valence-corrected chi connectivity index (χ3v) is 7.54. The molecule has 7 heteroatoms. The van der Waals surface area contributed by atoms with E-state index in [2.05, 4.69) is 5.32 Å². The highest BCUT2D eigenvalue weighted by Crippen LogP contribution is 2.22. The molecule has 2 aromatic rings. The van der Waals surface area contributed by atoms with Crippen molar-refractivity contribution in [2.75, 3.05) is 39.3 Å². The van der Waals surface area contributed by atoms with Crippen LogP contribution in [0.15, 0.2) is 53.4 Å². The minimum atomic E-state index is -3.69. The minimum absolute atomic E-state index is 0.0111. The monoisotopic (exact) mass is 429 g/mol. The SMILES string of the molecule is Cc1ccc(S(=O)(=O)N(CCC(=O)N2CCNCC2)CCc2ccccc2)c(C)c1. The van der Waals surface area contributed by atoms with Gasteiger partial charge in [0.05, 0.1) is 4.90 Å². The maximum atomic E-state index is 13.5. The molecule has 1 amide bonds. The first kappa shape index (κ1) is 22.5. The summed E-state index contributed by atoms with van der Waals surface area (Å²) >= 11 is 0. The number of aryl methyl sites for hydroxylation is 2. The van der Waals surface area contributed by atoms with Gasteiger partial charge >= 0.3 is 0 Å². The zero-order chi connectivity index (χ0) is 21.6. The molecule has 0 aliphatic carbocycles. The third kappa shape index (κ3) is 5.68. The molecule has 6 nitrogen and oxygen atoms in total. The number of rotatable bonds is 8. The minimum Gasteiger partial charge on any atom is -0.340 e. The van der Waals surface area contributed by atoms with E-state index in [1.807, 2.05) is 61.2 Å². The first-order valence-corrected chi connectivity index (χ1v) is 11.9. The van der Waals surface area contributed by atoms with Crippen molar-refractivity contribution < 1.29 is 13.2 Å². The lowest BCUT2D eigenvalue weighted by atomic mass is 10.1. The van der Waals surface area contributed by atoms with E-state index in [-0.39, 0.29) is 18.9 Å². The zero-order valence-electron chi connectivity index (χ0n) is 17.8. The van der Waals surface area contributed by atoms with Crippen LogP contribution in [-0.4, -0.2) is 62.8 Å². The van der Waals surface area contributed by atoms with Crippen molar-refractivity contribution in [3.63, 3.8) is 0 Å². The number of carbonyl (C=O) groups excluding carboxylic acids is 1. The molecule has 162 valence electrons. The van der Waals surface area contributed by atoms with Crippen LogP contribution >= 0.6 is 0 Å². The van der Waals surface area contributed by atoms with Gasteiger partial charge in [0.15, 0.2) is 0 Å². The van der Waals surface area contributed by atoms with Crippen molar-refractivity contribution in [2.24, 2.45) is 0 Å². The normalized spacial score (nSPS) is 14.8. The van der Waals surface area contributed by atoms with Crippen molar-refractivity contribution in [3.05, 3.63) is 65.2 Å². The molecule has 0 bridgehead atoms. The highest BCUT2D eigenvalue weighted by molar-refractivity contribution is 7.89. The summed E-state index contributed by atoms with van der Waals surface area (Å²) in [6.07, 6.45) is 0.797. The van der Waals surface area contributed by atoms with Crippen molar-refractivity contribution in [1.29, 1.82) is 0 Å². The molecule has 1 saturated heterocycles.